The molecular formula is C25H25N3O3S. The number of amides is 2. The number of hydrogen-bond acceptors (Lipinski definition) is 4. The molecule has 0 saturated heterocycles. The quantitative estimate of drug-likeness (QED) is 0.325. The fourth-order valence-electron chi connectivity index (χ4n) is 2.87. The molecule has 0 aliphatic heterocycles. The van der Waals surface area contributed by atoms with Gasteiger partial charge in [-0.25, -0.2) is 0 Å². The Hall–Kier alpha value is -3.71. The minimum Gasteiger partial charge on any atom is -0.494 e. The fraction of sp³-hybridized carbons (Fsp3) is 0.160. The van der Waals surface area contributed by atoms with Crippen molar-refractivity contribution in [2.45, 2.75) is 19.8 Å². The third kappa shape index (κ3) is 6.92. The molecule has 0 spiro atoms. The van der Waals surface area contributed by atoms with E-state index < -0.39 is 0 Å². The molecule has 3 aromatic rings. The summed E-state index contributed by atoms with van der Waals surface area (Å²) in [6.45, 7) is 2.70. The third-order valence-electron chi connectivity index (χ3n) is 4.50. The van der Waals surface area contributed by atoms with Crippen LogP contribution in [0.4, 0.5) is 11.4 Å². The van der Waals surface area contributed by atoms with Gasteiger partial charge < -0.3 is 15.4 Å². The maximum absolute atomic E-state index is 12.5. The van der Waals surface area contributed by atoms with E-state index in [1.165, 1.54) is 0 Å². The Labute approximate surface area is 193 Å². The highest BCUT2D eigenvalue weighted by atomic mass is 32.1. The summed E-state index contributed by atoms with van der Waals surface area (Å²) in [7, 11) is 0. The molecule has 0 heterocycles. The van der Waals surface area contributed by atoms with Crippen molar-refractivity contribution < 1.29 is 14.3 Å². The Morgan fingerprint density at radius 1 is 0.812 bits per heavy atom. The predicted octanol–water partition coefficient (Wildman–Crippen LogP) is 5.24. The van der Waals surface area contributed by atoms with Crippen LogP contribution in [-0.2, 0) is 0 Å². The number of carbonyl (C=O) groups excluding carboxylic acids is 2. The van der Waals surface area contributed by atoms with Crippen molar-refractivity contribution >= 4 is 40.5 Å². The molecule has 3 N–H and O–H groups in total. The normalized spacial score (nSPS) is 10.2. The van der Waals surface area contributed by atoms with Crippen LogP contribution in [0.1, 0.15) is 40.5 Å². The summed E-state index contributed by atoms with van der Waals surface area (Å²) in [5, 5.41) is 8.63. The number of rotatable bonds is 8. The Bertz CT molecular complexity index is 1090. The summed E-state index contributed by atoms with van der Waals surface area (Å²) in [5.74, 6) is 0.100. The molecule has 0 aromatic heterocycles. The van der Waals surface area contributed by atoms with Crippen molar-refractivity contribution in [1.29, 1.82) is 0 Å². The molecule has 6 nitrogen and oxygen atoms in total. The first-order valence-electron chi connectivity index (χ1n) is 10.4. The summed E-state index contributed by atoms with van der Waals surface area (Å²) < 4.78 is 5.65. The Kier molecular flexibility index (Phi) is 8.34. The number of nitrogens with one attached hydrogen (secondary N) is 3. The average Bonchev–Trinajstić information content (AvgIpc) is 2.80. The fourth-order valence-corrected chi connectivity index (χ4v) is 3.08. The molecule has 32 heavy (non-hydrogen) atoms. The van der Waals surface area contributed by atoms with E-state index in [4.69, 9.17) is 17.0 Å². The van der Waals surface area contributed by atoms with Crippen LogP contribution in [0.2, 0.25) is 0 Å². The van der Waals surface area contributed by atoms with Gasteiger partial charge in [0.1, 0.15) is 5.75 Å². The van der Waals surface area contributed by atoms with Crippen LogP contribution >= 0.6 is 12.2 Å². The first-order chi connectivity index (χ1) is 15.5. The first kappa shape index (κ1) is 23.0. The SMILES string of the molecule is CCCCOc1cccc(C(=O)NC(=S)Nc2cccc(NC(=O)c3ccccc3)c2)c1. The number of anilines is 2. The number of ether oxygens (including phenoxy) is 1. The van der Waals surface area contributed by atoms with E-state index in [0.29, 0.717) is 34.9 Å². The summed E-state index contributed by atoms with van der Waals surface area (Å²) in [4.78, 5) is 24.9. The van der Waals surface area contributed by atoms with Crippen molar-refractivity contribution in [2.75, 3.05) is 17.2 Å². The number of unbranched alkanes of at least 4 members (excludes halogenated alkanes) is 1. The van der Waals surface area contributed by atoms with Crippen LogP contribution in [0.25, 0.3) is 0 Å². The van der Waals surface area contributed by atoms with Gasteiger partial charge in [0.15, 0.2) is 5.11 Å². The first-order valence-corrected chi connectivity index (χ1v) is 10.8. The lowest BCUT2D eigenvalue weighted by atomic mass is 10.2. The molecule has 0 saturated carbocycles. The lowest BCUT2D eigenvalue weighted by Gasteiger charge is -2.12. The summed E-state index contributed by atoms with van der Waals surface area (Å²) in [5.41, 5.74) is 2.26. The molecule has 0 fully saturated rings. The van der Waals surface area contributed by atoms with Gasteiger partial charge >= 0.3 is 0 Å². The largest absolute Gasteiger partial charge is 0.494 e. The highest BCUT2D eigenvalue weighted by Gasteiger charge is 2.10. The second-order valence-electron chi connectivity index (χ2n) is 7.04. The molecule has 0 aliphatic carbocycles. The zero-order chi connectivity index (χ0) is 22.8. The van der Waals surface area contributed by atoms with E-state index in [-0.39, 0.29) is 16.9 Å². The average molecular weight is 448 g/mol. The summed E-state index contributed by atoms with van der Waals surface area (Å²) in [6, 6.07) is 23.0. The van der Waals surface area contributed by atoms with Crippen LogP contribution < -0.4 is 20.7 Å². The monoisotopic (exact) mass is 447 g/mol. The minimum atomic E-state index is -0.336. The smallest absolute Gasteiger partial charge is 0.257 e. The Balaban J connectivity index is 1.57. The Morgan fingerprint density at radius 3 is 2.25 bits per heavy atom. The third-order valence-corrected chi connectivity index (χ3v) is 4.71. The molecule has 2 amide bonds. The zero-order valence-corrected chi connectivity index (χ0v) is 18.6. The number of hydrogen-bond donors (Lipinski definition) is 3. The van der Waals surface area contributed by atoms with Gasteiger partial charge in [-0.1, -0.05) is 43.7 Å². The molecule has 3 rings (SSSR count). The lowest BCUT2D eigenvalue weighted by molar-refractivity contribution is 0.0976. The zero-order valence-electron chi connectivity index (χ0n) is 17.8. The van der Waals surface area contributed by atoms with Gasteiger partial charge in [0, 0.05) is 22.5 Å². The predicted molar refractivity (Wildman–Crippen MR) is 131 cm³/mol. The van der Waals surface area contributed by atoms with Crippen molar-refractivity contribution in [3.8, 4) is 5.75 Å². The van der Waals surface area contributed by atoms with Crippen LogP contribution in [0.5, 0.6) is 5.75 Å². The van der Waals surface area contributed by atoms with Crippen molar-refractivity contribution in [3.05, 3.63) is 90.0 Å². The van der Waals surface area contributed by atoms with E-state index in [2.05, 4.69) is 22.9 Å². The highest BCUT2D eigenvalue weighted by Crippen LogP contribution is 2.17. The molecular weight excluding hydrogens is 422 g/mol. The van der Waals surface area contributed by atoms with Crippen molar-refractivity contribution in [3.63, 3.8) is 0 Å². The molecule has 0 aliphatic rings. The van der Waals surface area contributed by atoms with Crippen LogP contribution in [0.15, 0.2) is 78.9 Å². The second-order valence-corrected chi connectivity index (χ2v) is 7.45. The van der Waals surface area contributed by atoms with Crippen LogP contribution in [-0.4, -0.2) is 23.5 Å². The van der Waals surface area contributed by atoms with Crippen LogP contribution in [0, 0.1) is 0 Å². The van der Waals surface area contributed by atoms with Gasteiger partial charge in [0.05, 0.1) is 6.61 Å². The number of thiocarbonyl (C=S) groups is 1. The topological polar surface area (TPSA) is 79.5 Å². The van der Waals surface area contributed by atoms with Crippen LogP contribution in [0.3, 0.4) is 0 Å². The summed E-state index contributed by atoms with van der Waals surface area (Å²) in [6.07, 6.45) is 1.99. The highest BCUT2D eigenvalue weighted by molar-refractivity contribution is 7.80. The standard InChI is InChI=1S/C25H25N3O3S/c1-2-3-15-31-22-14-7-11-19(16-22)24(30)28-25(32)27-21-13-8-12-20(17-21)26-23(29)18-9-5-4-6-10-18/h4-14,16-17H,2-3,15H2,1H3,(H,26,29)(H2,27,28,30,32). The molecule has 0 unspecified atom stereocenters. The molecule has 0 radical (unpaired) electrons. The molecule has 0 bridgehead atoms. The van der Waals surface area contributed by atoms with E-state index in [9.17, 15) is 9.59 Å². The van der Waals surface area contributed by atoms with E-state index in [1.807, 2.05) is 12.1 Å². The van der Waals surface area contributed by atoms with Gasteiger partial charge in [-0.15, -0.1) is 0 Å². The minimum absolute atomic E-state index is 0.152. The Morgan fingerprint density at radius 2 is 1.50 bits per heavy atom. The second kappa shape index (κ2) is 11.6. The number of carbonyl (C=O) groups is 2. The molecule has 3 aromatic carbocycles. The molecule has 7 heteroatoms. The van der Waals surface area contributed by atoms with Gasteiger partial charge in [0.25, 0.3) is 11.8 Å². The van der Waals surface area contributed by atoms with Gasteiger partial charge in [-0.05, 0) is 67.2 Å². The van der Waals surface area contributed by atoms with Gasteiger partial charge in [0.2, 0.25) is 0 Å². The summed E-state index contributed by atoms with van der Waals surface area (Å²) >= 11 is 5.28. The van der Waals surface area contributed by atoms with Crippen molar-refractivity contribution in [2.24, 2.45) is 0 Å². The van der Waals surface area contributed by atoms with E-state index in [0.717, 1.165) is 12.8 Å². The lowest BCUT2D eigenvalue weighted by Crippen LogP contribution is -2.34. The maximum atomic E-state index is 12.5. The number of benzene rings is 3. The molecule has 0 atom stereocenters. The van der Waals surface area contributed by atoms with Crippen molar-refractivity contribution in [1.82, 2.24) is 5.32 Å². The maximum Gasteiger partial charge on any atom is 0.257 e. The van der Waals surface area contributed by atoms with E-state index in [1.54, 1.807) is 66.7 Å². The van der Waals surface area contributed by atoms with Gasteiger partial charge in [-0.3, -0.25) is 14.9 Å². The van der Waals surface area contributed by atoms with E-state index >= 15 is 0 Å². The molecule has 164 valence electrons. The van der Waals surface area contributed by atoms with Gasteiger partial charge in [-0.2, -0.15) is 0 Å².